The molecule has 1 rings (SSSR count). The summed E-state index contributed by atoms with van der Waals surface area (Å²) < 4.78 is 2.16. The van der Waals surface area contributed by atoms with Crippen molar-refractivity contribution in [2.45, 2.75) is 66.5 Å². The fraction of sp³-hybridized carbons (Fsp3) is 0.800. The van der Waals surface area contributed by atoms with E-state index in [9.17, 15) is 0 Å². The minimum absolute atomic E-state index is 0.433. The van der Waals surface area contributed by atoms with Crippen molar-refractivity contribution in [2.24, 2.45) is 5.92 Å². The van der Waals surface area contributed by atoms with Gasteiger partial charge in [0.25, 0.3) is 0 Å². The molecule has 1 heterocycles. The standard InChI is InChI=1S/C15H29N3/c1-6-10-16-15(12(5)7-2)14-11-13(8-3)17-18(14)9-4/h11-12,15-16H,6-10H2,1-5H3. The normalized spacial score (nSPS) is 14.7. The van der Waals surface area contributed by atoms with Gasteiger partial charge in [0.1, 0.15) is 0 Å². The number of aromatic nitrogens is 2. The van der Waals surface area contributed by atoms with Gasteiger partial charge in [-0.15, -0.1) is 0 Å². The predicted octanol–water partition coefficient (Wildman–Crippen LogP) is 3.55. The number of aryl methyl sites for hydroxylation is 2. The van der Waals surface area contributed by atoms with Gasteiger partial charge in [0, 0.05) is 6.54 Å². The highest BCUT2D eigenvalue weighted by molar-refractivity contribution is 5.15. The summed E-state index contributed by atoms with van der Waals surface area (Å²) in [7, 11) is 0. The molecular formula is C15H29N3. The summed E-state index contributed by atoms with van der Waals surface area (Å²) in [5.74, 6) is 0.642. The Morgan fingerprint density at radius 1 is 1.28 bits per heavy atom. The lowest BCUT2D eigenvalue weighted by Gasteiger charge is -2.25. The second-order valence-electron chi connectivity index (χ2n) is 5.05. The lowest BCUT2D eigenvalue weighted by molar-refractivity contribution is 0.354. The van der Waals surface area contributed by atoms with Gasteiger partial charge in [-0.3, -0.25) is 4.68 Å². The molecule has 1 aromatic rings. The molecule has 0 bridgehead atoms. The zero-order chi connectivity index (χ0) is 13.5. The Hall–Kier alpha value is -0.830. The fourth-order valence-corrected chi connectivity index (χ4v) is 2.30. The van der Waals surface area contributed by atoms with E-state index in [1.807, 2.05) is 0 Å². The summed E-state index contributed by atoms with van der Waals surface area (Å²) in [5, 5.41) is 8.36. The summed E-state index contributed by atoms with van der Waals surface area (Å²) in [6.07, 6.45) is 3.38. The molecule has 0 fully saturated rings. The highest BCUT2D eigenvalue weighted by Crippen LogP contribution is 2.25. The lowest BCUT2D eigenvalue weighted by Crippen LogP contribution is -2.29. The van der Waals surface area contributed by atoms with Crippen LogP contribution in [0.25, 0.3) is 0 Å². The topological polar surface area (TPSA) is 29.9 Å². The van der Waals surface area contributed by atoms with Gasteiger partial charge in [-0.1, -0.05) is 34.1 Å². The molecule has 0 radical (unpaired) electrons. The molecule has 0 saturated heterocycles. The molecular weight excluding hydrogens is 222 g/mol. The summed E-state index contributed by atoms with van der Waals surface area (Å²) >= 11 is 0. The zero-order valence-electron chi connectivity index (χ0n) is 12.7. The van der Waals surface area contributed by atoms with E-state index in [1.165, 1.54) is 24.2 Å². The van der Waals surface area contributed by atoms with Crippen LogP contribution in [0.4, 0.5) is 0 Å². The van der Waals surface area contributed by atoms with Crippen molar-refractivity contribution in [2.75, 3.05) is 6.54 Å². The van der Waals surface area contributed by atoms with Crippen molar-refractivity contribution in [1.82, 2.24) is 15.1 Å². The Labute approximate surface area is 112 Å². The fourth-order valence-electron chi connectivity index (χ4n) is 2.30. The molecule has 3 nitrogen and oxygen atoms in total. The van der Waals surface area contributed by atoms with E-state index in [0.717, 1.165) is 19.5 Å². The first kappa shape index (κ1) is 15.2. The van der Waals surface area contributed by atoms with Crippen LogP contribution in [0.5, 0.6) is 0 Å². The Kier molecular flexibility index (Phi) is 6.41. The van der Waals surface area contributed by atoms with Crippen LogP contribution in [0.3, 0.4) is 0 Å². The van der Waals surface area contributed by atoms with Crippen LogP contribution < -0.4 is 5.32 Å². The van der Waals surface area contributed by atoms with E-state index in [4.69, 9.17) is 0 Å². The monoisotopic (exact) mass is 251 g/mol. The Morgan fingerprint density at radius 3 is 2.50 bits per heavy atom. The lowest BCUT2D eigenvalue weighted by atomic mass is 9.95. The Bertz CT molecular complexity index is 344. The largest absolute Gasteiger partial charge is 0.308 e. The molecule has 3 heteroatoms. The third-order valence-electron chi connectivity index (χ3n) is 3.67. The molecule has 0 amide bonds. The van der Waals surface area contributed by atoms with Crippen molar-refractivity contribution in [3.63, 3.8) is 0 Å². The van der Waals surface area contributed by atoms with Crippen LogP contribution in [0.1, 0.15) is 64.9 Å². The molecule has 1 N–H and O–H groups in total. The second kappa shape index (κ2) is 7.57. The maximum Gasteiger partial charge on any atom is 0.0625 e. The molecule has 0 aliphatic heterocycles. The summed E-state index contributed by atoms with van der Waals surface area (Å²) in [6, 6.07) is 2.71. The minimum Gasteiger partial charge on any atom is -0.308 e. The maximum atomic E-state index is 4.67. The van der Waals surface area contributed by atoms with Crippen molar-refractivity contribution < 1.29 is 0 Å². The highest BCUT2D eigenvalue weighted by Gasteiger charge is 2.21. The number of hydrogen-bond acceptors (Lipinski definition) is 2. The van der Waals surface area contributed by atoms with Crippen molar-refractivity contribution in [3.8, 4) is 0 Å². The first-order chi connectivity index (χ1) is 8.67. The van der Waals surface area contributed by atoms with Gasteiger partial charge >= 0.3 is 0 Å². The van der Waals surface area contributed by atoms with E-state index in [0.29, 0.717) is 12.0 Å². The van der Waals surface area contributed by atoms with Crippen molar-refractivity contribution in [3.05, 3.63) is 17.5 Å². The SMILES string of the molecule is CCCNC(c1cc(CC)nn1CC)C(C)CC. The third-order valence-corrected chi connectivity index (χ3v) is 3.67. The Balaban J connectivity index is 2.98. The van der Waals surface area contributed by atoms with Gasteiger partial charge in [0.05, 0.1) is 17.4 Å². The molecule has 0 spiro atoms. The van der Waals surface area contributed by atoms with Gasteiger partial charge in [0.15, 0.2) is 0 Å². The van der Waals surface area contributed by atoms with Crippen LogP contribution >= 0.6 is 0 Å². The van der Waals surface area contributed by atoms with Gasteiger partial charge < -0.3 is 5.32 Å². The molecule has 1 aromatic heterocycles. The van der Waals surface area contributed by atoms with Crippen LogP contribution in [0, 0.1) is 5.92 Å². The quantitative estimate of drug-likeness (QED) is 0.765. The maximum absolute atomic E-state index is 4.67. The van der Waals surface area contributed by atoms with E-state index in [2.05, 4.69) is 55.8 Å². The van der Waals surface area contributed by atoms with Crippen LogP contribution in [-0.2, 0) is 13.0 Å². The summed E-state index contributed by atoms with van der Waals surface area (Å²) in [5.41, 5.74) is 2.57. The van der Waals surface area contributed by atoms with Crippen molar-refractivity contribution in [1.29, 1.82) is 0 Å². The van der Waals surface area contributed by atoms with Crippen LogP contribution in [0.2, 0.25) is 0 Å². The van der Waals surface area contributed by atoms with Gasteiger partial charge in [-0.05, 0) is 38.3 Å². The van der Waals surface area contributed by atoms with Crippen molar-refractivity contribution >= 4 is 0 Å². The average molecular weight is 251 g/mol. The first-order valence-corrected chi connectivity index (χ1v) is 7.47. The third kappa shape index (κ3) is 3.58. The molecule has 2 atom stereocenters. The minimum atomic E-state index is 0.433. The average Bonchev–Trinajstić information content (AvgIpc) is 2.82. The van der Waals surface area contributed by atoms with E-state index >= 15 is 0 Å². The zero-order valence-corrected chi connectivity index (χ0v) is 12.7. The van der Waals surface area contributed by atoms with Gasteiger partial charge in [-0.25, -0.2) is 0 Å². The van der Waals surface area contributed by atoms with E-state index < -0.39 is 0 Å². The molecule has 2 unspecified atom stereocenters. The number of nitrogens with one attached hydrogen (secondary N) is 1. The second-order valence-corrected chi connectivity index (χ2v) is 5.05. The smallest absolute Gasteiger partial charge is 0.0625 e. The molecule has 0 aliphatic rings. The number of hydrogen-bond donors (Lipinski definition) is 1. The summed E-state index contributed by atoms with van der Waals surface area (Å²) in [6.45, 7) is 13.2. The van der Waals surface area contributed by atoms with E-state index in [-0.39, 0.29) is 0 Å². The van der Waals surface area contributed by atoms with Gasteiger partial charge in [-0.2, -0.15) is 5.10 Å². The molecule has 0 aliphatic carbocycles. The van der Waals surface area contributed by atoms with Crippen LogP contribution in [0.15, 0.2) is 6.07 Å². The number of rotatable bonds is 8. The molecule has 0 saturated carbocycles. The molecule has 0 aromatic carbocycles. The number of nitrogens with zero attached hydrogens (tertiary/aromatic N) is 2. The molecule has 104 valence electrons. The van der Waals surface area contributed by atoms with Crippen LogP contribution in [-0.4, -0.2) is 16.3 Å². The van der Waals surface area contributed by atoms with Gasteiger partial charge in [0.2, 0.25) is 0 Å². The highest BCUT2D eigenvalue weighted by atomic mass is 15.3. The first-order valence-electron chi connectivity index (χ1n) is 7.47. The summed E-state index contributed by atoms with van der Waals surface area (Å²) in [4.78, 5) is 0. The van der Waals surface area contributed by atoms with E-state index in [1.54, 1.807) is 0 Å². The Morgan fingerprint density at radius 2 is 2.00 bits per heavy atom. The molecule has 18 heavy (non-hydrogen) atoms. The predicted molar refractivity (Wildman–Crippen MR) is 77.8 cm³/mol.